The molecule has 1 saturated heterocycles. The summed E-state index contributed by atoms with van der Waals surface area (Å²) in [5, 5.41) is 3.49. The van der Waals surface area contributed by atoms with E-state index in [-0.39, 0.29) is 0 Å². The average molecular weight is 391 g/mol. The van der Waals surface area contributed by atoms with Crippen LogP contribution in [0.5, 0.6) is 0 Å². The summed E-state index contributed by atoms with van der Waals surface area (Å²) in [6.07, 6.45) is 5.26. The van der Waals surface area contributed by atoms with Crippen LogP contribution in [0.3, 0.4) is 0 Å². The molecule has 3 rings (SSSR count). The maximum atomic E-state index is 4.31. The normalized spacial score (nSPS) is 16.1. The number of hydrogen-bond donors (Lipinski definition) is 2. The largest absolute Gasteiger partial charge is 0.383 e. The molecule has 2 heterocycles. The van der Waals surface area contributed by atoms with E-state index >= 15 is 0 Å². The van der Waals surface area contributed by atoms with Crippen molar-refractivity contribution in [3.8, 4) is 0 Å². The minimum Gasteiger partial charge on any atom is -0.383 e. The molecule has 1 aliphatic rings. The lowest BCUT2D eigenvalue weighted by Crippen LogP contribution is -2.25. The molecule has 4 heteroatoms. The van der Waals surface area contributed by atoms with Crippen molar-refractivity contribution in [2.24, 2.45) is 5.92 Å². The van der Waals surface area contributed by atoms with E-state index in [4.69, 9.17) is 0 Å². The number of aryl methyl sites for hydroxylation is 1. The molecule has 1 aromatic heterocycles. The van der Waals surface area contributed by atoms with Gasteiger partial charge in [0.05, 0.1) is 11.4 Å². The molecular formula is C25H34N4. The number of unbranched alkanes of at least 4 members (excludes halogenated alkanes) is 1. The molecule has 4 nitrogen and oxygen atoms in total. The molecule has 2 aromatic rings. The number of hydrogen-bond acceptors (Lipinski definition) is 3. The Labute approximate surface area is 175 Å². The lowest BCUT2D eigenvalue weighted by Gasteiger charge is -2.23. The smallest absolute Gasteiger partial charge is 0.0611 e. The summed E-state index contributed by atoms with van der Waals surface area (Å²) in [5.74, 6) is 0.518. The molecule has 0 bridgehead atoms. The summed E-state index contributed by atoms with van der Waals surface area (Å²) in [7, 11) is 0. The van der Waals surface area contributed by atoms with Gasteiger partial charge in [-0.25, -0.2) is 0 Å². The van der Waals surface area contributed by atoms with Gasteiger partial charge in [-0.15, -0.1) is 0 Å². The Hall–Kier alpha value is -2.88. The molecule has 154 valence electrons. The first-order valence-electron chi connectivity index (χ1n) is 10.5. The molecule has 0 spiro atoms. The molecule has 1 atom stereocenters. The van der Waals surface area contributed by atoms with E-state index in [1.165, 1.54) is 29.9 Å². The molecule has 0 radical (unpaired) electrons. The first-order valence-corrected chi connectivity index (χ1v) is 10.5. The van der Waals surface area contributed by atoms with Crippen LogP contribution in [0.1, 0.15) is 37.6 Å². The Balaban J connectivity index is 1.57. The Morgan fingerprint density at radius 3 is 2.66 bits per heavy atom. The molecule has 1 fully saturated rings. The van der Waals surface area contributed by atoms with E-state index in [0.29, 0.717) is 5.92 Å². The van der Waals surface area contributed by atoms with Gasteiger partial charge in [0, 0.05) is 42.4 Å². The molecule has 0 aliphatic carbocycles. The number of anilines is 2. The lowest BCUT2D eigenvalue weighted by atomic mass is 10.1. The van der Waals surface area contributed by atoms with Crippen molar-refractivity contribution < 1.29 is 0 Å². The van der Waals surface area contributed by atoms with Gasteiger partial charge in [-0.1, -0.05) is 33.1 Å². The second kappa shape index (κ2) is 9.55. The predicted molar refractivity (Wildman–Crippen MR) is 126 cm³/mol. The van der Waals surface area contributed by atoms with Crippen molar-refractivity contribution >= 4 is 17.1 Å². The summed E-state index contributed by atoms with van der Waals surface area (Å²) in [4.78, 5) is 7.88. The van der Waals surface area contributed by atoms with E-state index in [1.54, 1.807) is 0 Å². The van der Waals surface area contributed by atoms with Gasteiger partial charge in [0.2, 0.25) is 0 Å². The number of aromatic amines is 1. The number of aromatic nitrogens is 1. The van der Waals surface area contributed by atoms with Crippen LogP contribution in [0.4, 0.5) is 11.4 Å². The first-order chi connectivity index (χ1) is 14.0. The molecule has 1 aliphatic heterocycles. The quantitative estimate of drug-likeness (QED) is 0.548. The van der Waals surface area contributed by atoms with Crippen molar-refractivity contribution in [2.75, 3.05) is 29.4 Å². The third-order valence-electron chi connectivity index (χ3n) is 5.57. The highest BCUT2D eigenvalue weighted by molar-refractivity contribution is 5.61. The Morgan fingerprint density at radius 2 is 2.03 bits per heavy atom. The summed E-state index contributed by atoms with van der Waals surface area (Å²) < 4.78 is 0. The van der Waals surface area contributed by atoms with Gasteiger partial charge in [0.1, 0.15) is 0 Å². The van der Waals surface area contributed by atoms with Gasteiger partial charge < -0.3 is 20.1 Å². The van der Waals surface area contributed by atoms with E-state index < -0.39 is 0 Å². The van der Waals surface area contributed by atoms with Crippen LogP contribution >= 0.6 is 0 Å². The van der Waals surface area contributed by atoms with E-state index in [9.17, 15) is 0 Å². The molecule has 0 amide bonds. The van der Waals surface area contributed by atoms with Gasteiger partial charge in [-0.2, -0.15) is 0 Å². The van der Waals surface area contributed by atoms with E-state index in [1.807, 2.05) is 6.20 Å². The highest BCUT2D eigenvalue weighted by Crippen LogP contribution is 2.32. The van der Waals surface area contributed by atoms with Crippen LogP contribution < -0.4 is 15.1 Å². The van der Waals surface area contributed by atoms with Gasteiger partial charge in [-0.3, -0.25) is 0 Å². The highest BCUT2D eigenvalue weighted by Gasteiger charge is 2.26. The molecule has 1 aromatic carbocycles. The van der Waals surface area contributed by atoms with Crippen LogP contribution in [0, 0.1) is 12.8 Å². The van der Waals surface area contributed by atoms with Crippen molar-refractivity contribution in [2.45, 2.75) is 33.1 Å². The van der Waals surface area contributed by atoms with Gasteiger partial charge >= 0.3 is 0 Å². The fourth-order valence-electron chi connectivity index (χ4n) is 3.84. The molecule has 2 N–H and O–H groups in total. The summed E-state index contributed by atoms with van der Waals surface area (Å²) >= 11 is 0. The second-order valence-electron chi connectivity index (χ2n) is 7.91. The number of nitrogens with zero attached hydrogens (tertiary/aromatic N) is 2. The van der Waals surface area contributed by atoms with Gasteiger partial charge in [0.15, 0.2) is 0 Å². The van der Waals surface area contributed by atoms with Crippen LogP contribution in [0.15, 0.2) is 68.0 Å². The minimum atomic E-state index is 0.518. The SMILES string of the molecule is C=CN(CCCC)c1ccc(N2CC(CNC(=C)c3ccc(C)[nH]3)CC2=C)cc1. The predicted octanol–water partition coefficient (Wildman–Crippen LogP) is 5.67. The van der Waals surface area contributed by atoms with Crippen molar-refractivity contribution in [1.82, 2.24) is 10.3 Å². The molecular weight excluding hydrogens is 356 g/mol. The number of H-pyrrole nitrogens is 1. The van der Waals surface area contributed by atoms with Gasteiger partial charge in [-0.05, 0) is 68.3 Å². The zero-order chi connectivity index (χ0) is 20.8. The Morgan fingerprint density at radius 1 is 1.28 bits per heavy atom. The summed E-state index contributed by atoms with van der Waals surface area (Å²) in [6, 6.07) is 12.9. The van der Waals surface area contributed by atoms with Crippen LogP contribution in [-0.4, -0.2) is 24.6 Å². The molecule has 29 heavy (non-hydrogen) atoms. The molecule has 1 unspecified atom stereocenters. The third-order valence-corrected chi connectivity index (χ3v) is 5.57. The van der Waals surface area contributed by atoms with Crippen LogP contribution in [-0.2, 0) is 0 Å². The van der Waals surface area contributed by atoms with Gasteiger partial charge in [0.25, 0.3) is 0 Å². The maximum Gasteiger partial charge on any atom is 0.0611 e. The molecule has 0 saturated carbocycles. The van der Waals surface area contributed by atoms with Crippen molar-refractivity contribution in [3.05, 3.63) is 79.4 Å². The van der Waals surface area contributed by atoms with E-state index in [0.717, 1.165) is 43.1 Å². The fraction of sp³-hybridized carbons (Fsp3) is 0.360. The second-order valence-corrected chi connectivity index (χ2v) is 7.91. The standard InChI is InChI=1S/C25H34N4/c1-6-8-15-28(7-2)23-10-12-24(13-11-23)29-18-22(16-20(29)4)17-26-21(5)25-14-9-19(3)27-25/h7,9-14,22,26-27H,2,4-6,8,15-18H2,1,3H3. The monoisotopic (exact) mass is 390 g/mol. The zero-order valence-electron chi connectivity index (χ0n) is 17.9. The summed E-state index contributed by atoms with van der Waals surface area (Å²) in [5.41, 5.74) is 6.73. The maximum absolute atomic E-state index is 4.31. The first kappa shape index (κ1) is 20.8. The third kappa shape index (κ3) is 5.14. The van der Waals surface area contributed by atoms with Crippen LogP contribution in [0.2, 0.25) is 0 Å². The lowest BCUT2D eigenvalue weighted by molar-refractivity contribution is 0.573. The zero-order valence-corrected chi connectivity index (χ0v) is 17.9. The number of rotatable bonds is 10. The topological polar surface area (TPSA) is 34.3 Å². The Bertz CT molecular complexity index is 846. The number of nitrogens with one attached hydrogen (secondary N) is 2. The number of benzene rings is 1. The van der Waals surface area contributed by atoms with Crippen LogP contribution in [0.25, 0.3) is 5.70 Å². The fourth-order valence-corrected chi connectivity index (χ4v) is 3.84. The summed E-state index contributed by atoms with van der Waals surface area (Å²) in [6.45, 7) is 19.6. The number of allylic oxidation sites excluding steroid dienone is 1. The van der Waals surface area contributed by atoms with E-state index in [2.05, 4.69) is 90.1 Å². The van der Waals surface area contributed by atoms with Crippen molar-refractivity contribution in [1.29, 1.82) is 0 Å². The minimum absolute atomic E-state index is 0.518. The highest BCUT2D eigenvalue weighted by atomic mass is 15.2. The average Bonchev–Trinajstić information content (AvgIpc) is 3.33. The Kier molecular flexibility index (Phi) is 6.86. The van der Waals surface area contributed by atoms with Crippen molar-refractivity contribution in [3.63, 3.8) is 0 Å².